The van der Waals surface area contributed by atoms with Crippen molar-refractivity contribution in [3.05, 3.63) is 62.7 Å². The predicted octanol–water partition coefficient (Wildman–Crippen LogP) is 2.87. The van der Waals surface area contributed by atoms with Gasteiger partial charge in [0.1, 0.15) is 0 Å². The van der Waals surface area contributed by atoms with Crippen LogP contribution in [0.1, 0.15) is 0 Å². The second kappa shape index (κ2) is 8.62. The number of anilines is 2. The van der Waals surface area contributed by atoms with Gasteiger partial charge >= 0.3 is 0 Å². The Balaban J connectivity index is 1.33. The van der Waals surface area contributed by atoms with Crippen molar-refractivity contribution >= 4 is 49.7 Å². The van der Waals surface area contributed by atoms with E-state index in [9.17, 15) is 25.0 Å². The smallest absolute Gasteiger partial charge is 0.271 e. The number of rotatable bonds is 6. The summed E-state index contributed by atoms with van der Waals surface area (Å²) in [6.07, 6.45) is 0. The summed E-state index contributed by atoms with van der Waals surface area (Å²) in [6, 6.07) is 10.5. The first-order valence-electron chi connectivity index (χ1n) is 9.45. The summed E-state index contributed by atoms with van der Waals surface area (Å²) in [5, 5.41) is 25.3. The molecule has 1 aliphatic heterocycles. The third kappa shape index (κ3) is 4.75. The summed E-state index contributed by atoms with van der Waals surface area (Å²) in [4.78, 5) is 41.9. The van der Waals surface area contributed by atoms with Gasteiger partial charge in [-0.15, -0.1) is 0 Å². The van der Waals surface area contributed by atoms with Gasteiger partial charge in [0, 0.05) is 56.1 Å². The molecule has 2 heterocycles. The minimum Gasteiger partial charge on any atom is -0.345 e. The summed E-state index contributed by atoms with van der Waals surface area (Å²) in [5.74, 6) is -0.235. The molecule has 4 rings (SSSR count). The Morgan fingerprint density at radius 2 is 1.74 bits per heavy atom. The molecule has 12 heteroatoms. The second-order valence-corrected chi connectivity index (χ2v) is 8.03. The van der Waals surface area contributed by atoms with Crippen LogP contribution in [0.5, 0.6) is 0 Å². The third-order valence-corrected chi connectivity index (χ3v) is 6.00. The van der Waals surface area contributed by atoms with Crippen molar-refractivity contribution in [3.8, 4) is 0 Å². The lowest BCUT2D eigenvalue weighted by Gasteiger charge is -2.34. The molecule has 1 N–H and O–H groups in total. The first-order valence-corrected chi connectivity index (χ1v) is 10.3. The van der Waals surface area contributed by atoms with Crippen molar-refractivity contribution in [1.29, 1.82) is 0 Å². The number of piperazine rings is 1. The maximum Gasteiger partial charge on any atom is 0.271 e. The average Bonchev–Trinajstić information content (AvgIpc) is 3.17. The summed E-state index contributed by atoms with van der Waals surface area (Å²) in [6.45, 7) is 2.83. The van der Waals surface area contributed by atoms with Gasteiger partial charge in [0.15, 0.2) is 5.13 Å². The molecule has 160 valence electrons. The Kier molecular flexibility index (Phi) is 5.73. The van der Waals surface area contributed by atoms with Crippen molar-refractivity contribution in [2.24, 2.45) is 0 Å². The maximum atomic E-state index is 12.3. The summed E-state index contributed by atoms with van der Waals surface area (Å²) >= 11 is 1.41. The molecule has 0 saturated carbocycles. The van der Waals surface area contributed by atoms with Gasteiger partial charge in [-0.05, 0) is 12.1 Å². The van der Waals surface area contributed by atoms with Gasteiger partial charge in [-0.2, -0.15) is 0 Å². The highest BCUT2D eigenvalue weighted by Crippen LogP contribution is 2.31. The molecule has 1 aromatic heterocycles. The van der Waals surface area contributed by atoms with E-state index in [1.54, 1.807) is 12.1 Å². The molecule has 0 unspecified atom stereocenters. The molecular formula is C19H18N6O5S. The van der Waals surface area contributed by atoms with Gasteiger partial charge in [-0.1, -0.05) is 17.4 Å². The highest BCUT2D eigenvalue weighted by molar-refractivity contribution is 7.22. The van der Waals surface area contributed by atoms with Gasteiger partial charge in [0.05, 0.1) is 26.6 Å². The topological polar surface area (TPSA) is 135 Å². The van der Waals surface area contributed by atoms with Gasteiger partial charge in [-0.25, -0.2) is 4.98 Å². The molecule has 0 spiro atoms. The minimum atomic E-state index is -0.505. The Morgan fingerprint density at radius 1 is 1.03 bits per heavy atom. The molecule has 0 bridgehead atoms. The zero-order chi connectivity index (χ0) is 22.0. The van der Waals surface area contributed by atoms with Crippen molar-refractivity contribution < 1.29 is 14.6 Å². The van der Waals surface area contributed by atoms with Crippen molar-refractivity contribution in [1.82, 2.24) is 9.88 Å². The van der Waals surface area contributed by atoms with Crippen LogP contribution in [0, 0.1) is 20.2 Å². The first-order chi connectivity index (χ1) is 14.9. The third-order valence-electron chi connectivity index (χ3n) is 4.92. The van der Waals surface area contributed by atoms with Crippen LogP contribution < -0.4 is 10.2 Å². The lowest BCUT2D eigenvalue weighted by atomic mass is 10.2. The monoisotopic (exact) mass is 442 g/mol. The van der Waals surface area contributed by atoms with Crippen LogP contribution in [-0.4, -0.2) is 58.4 Å². The van der Waals surface area contributed by atoms with E-state index in [0.29, 0.717) is 31.9 Å². The van der Waals surface area contributed by atoms with Crippen LogP contribution in [0.3, 0.4) is 0 Å². The molecule has 11 nitrogen and oxygen atoms in total. The Labute approximate surface area is 180 Å². The quantitative estimate of drug-likeness (QED) is 0.455. The number of aromatic nitrogens is 1. The number of nitrogens with one attached hydrogen (secondary N) is 1. The number of fused-ring (bicyclic) bond motifs is 1. The SMILES string of the molecule is O=C(CN1CCN(c2nc3ccc([N+](=O)[O-])cc3s2)CC1)Nc1cccc([N+](=O)[O-])c1. The molecule has 0 radical (unpaired) electrons. The van der Waals surface area contributed by atoms with Crippen LogP contribution in [0.25, 0.3) is 10.2 Å². The number of carbonyl (C=O) groups excluding carboxylic acids is 1. The summed E-state index contributed by atoms with van der Waals surface area (Å²) in [5.41, 5.74) is 1.08. The fourth-order valence-corrected chi connectivity index (χ4v) is 4.40. The molecule has 3 aromatic rings. The fourth-order valence-electron chi connectivity index (χ4n) is 3.35. The molecule has 1 aliphatic rings. The van der Waals surface area contributed by atoms with E-state index in [2.05, 4.69) is 15.2 Å². The van der Waals surface area contributed by atoms with Crippen LogP contribution >= 0.6 is 11.3 Å². The Hall–Kier alpha value is -3.64. The van der Waals surface area contributed by atoms with Gasteiger partial charge in [0.25, 0.3) is 11.4 Å². The van der Waals surface area contributed by atoms with Crippen molar-refractivity contribution in [3.63, 3.8) is 0 Å². The molecule has 0 atom stereocenters. The lowest BCUT2D eigenvalue weighted by molar-refractivity contribution is -0.384. The number of nitro groups is 2. The van der Waals surface area contributed by atoms with Crippen molar-refractivity contribution in [2.45, 2.75) is 0 Å². The number of hydrogen-bond donors (Lipinski definition) is 1. The standard InChI is InChI=1S/C19H18N6O5S/c26-18(20-13-2-1-3-14(10-13)24(27)28)12-22-6-8-23(9-7-22)19-21-16-5-4-15(25(29)30)11-17(16)31-19/h1-5,10-11H,6-9,12H2,(H,20,26). The molecular weight excluding hydrogens is 424 g/mol. The summed E-state index contributed by atoms with van der Waals surface area (Å²) in [7, 11) is 0. The van der Waals surface area contributed by atoms with Crippen molar-refractivity contribution in [2.75, 3.05) is 42.9 Å². The van der Waals surface area contributed by atoms with Gasteiger partial charge in [0.2, 0.25) is 5.91 Å². The van der Waals surface area contributed by atoms with E-state index >= 15 is 0 Å². The zero-order valence-corrected chi connectivity index (χ0v) is 17.1. The number of nitro benzene ring substituents is 2. The van der Waals surface area contributed by atoms with E-state index in [-0.39, 0.29) is 23.8 Å². The molecule has 2 aromatic carbocycles. The summed E-state index contributed by atoms with van der Waals surface area (Å²) < 4.78 is 0.767. The number of amides is 1. The molecule has 1 fully saturated rings. The highest BCUT2D eigenvalue weighted by atomic mass is 32.1. The lowest BCUT2D eigenvalue weighted by Crippen LogP contribution is -2.48. The number of benzene rings is 2. The highest BCUT2D eigenvalue weighted by Gasteiger charge is 2.22. The Morgan fingerprint density at radius 3 is 2.45 bits per heavy atom. The van der Waals surface area contributed by atoms with E-state index in [4.69, 9.17) is 0 Å². The molecule has 31 heavy (non-hydrogen) atoms. The number of non-ortho nitro benzene ring substituents is 2. The minimum absolute atomic E-state index is 0.0438. The molecule has 0 aliphatic carbocycles. The van der Waals surface area contributed by atoms with E-state index in [1.807, 2.05) is 4.90 Å². The largest absolute Gasteiger partial charge is 0.345 e. The molecule has 1 amide bonds. The average molecular weight is 442 g/mol. The number of carbonyl (C=O) groups is 1. The number of nitrogens with zero attached hydrogens (tertiary/aromatic N) is 5. The van der Waals surface area contributed by atoms with Crippen LogP contribution in [0.15, 0.2) is 42.5 Å². The van der Waals surface area contributed by atoms with Gasteiger partial charge in [-0.3, -0.25) is 29.9 Å². The number of thiazole rings is 1. The van der Waals surface area contributed by atoms with E-state index < -0.39 is 9.85 Å². The van der Waals surface area contributed by atoms with E-state index in [0.717, 1.165) is 15.3 Å². The molecule has 1 saturated heterocycles. The first kappa shape index (κ1) is 20.6. The van der Waals surface area contributed by atoms with Crippen LogP contribution in [-0.2, 0) is 4.79 Å². The van der Waals surface area contributed by atoms with E-state index in [1.165, 1.54) is 41.7 Å². The maximum absolute atomic E-state index is 12.3. The van der Waals surface area contributed by atoms with Crippen LogP contribution in [0.4, 0.5) is 22.2 Å². The fraction of sp³-hybridized carbons (Fsp3) is 0.263. The zero-order valence-electron chi connectivity index (χ0n) is 16.3. The van der Waals surface area contributed by atoms with Crippen LogP contribution in [0.2, 0.25) is 0 Å². The Bertz CT molecular complexity index is 1160. The number of hydrogen-bond acceptors (Lipinski definition) is 9. The predicted molar refractivity (Wildman–Crippen MR) is 117 cm³/mol. The normalized spacial score (nSPS) is 14.5. The van der Waals surface area contributed by atoms with Gasteiger partial charge < -0.3 is 10.2 Å². The second-order valence-electron chi connectivity index (χ2n) is 7.02.